The predicted octanol–water partition coefficient (Wildman–Crippen LogP) is 1.94. The molecule has 1 saturated heterocycles. The first-order chi connectivity index (χ1) is 16.9. The topological polar surface area (TPSA) is 131 Å². The standard InChI is InChI=1S/C20H23F5N4O6S2/c1-10(37(32,33)34)26-15-6-17(28-7-11-8-29(36(2,30)31)27-16(11)9-28)19(20(23,24)25)35-18(15)13-5-12(21)3-4-14(13)22/h3-5,8,10,15,17-19,26H,6-7,9H2,1-2H3,(H,32,33,34)/t10?,15-,17+,18+,19-/m0/s1. The van der Waals surface area contributed by atoms with Crippen LogP contribution in [0.15, 0.2) is 24.4 Å². The van der Waals surface area contributed by atoms with Gasteiger partial charge < -0.3 is 4.74 Å². The van der Waals surface area contributed by atoms with Crippen LogP contribution in [0.4, 0.5) is 22.0 Å². The van der Waals surface area contributed by atoms with Crippen molar-refractivity contribution in [3.63, 3.8) is 0 Å². The van der Waals surface area contributed by atoms with Crippen molar-refractivity contribution >= 4 is 20.1 Å². The lowest BCUT2D eigenvalue weighted by Crippen LogP contribution is -2.60. The van der Waals surface area contributed by atoms with Gasteiger partial charge in [-0.3, -0.25) is 14.8 Å². The van der Waals surface area contributed by atoms with E-state index in [0.29, 0.717) is 21.8 Å². The molecule has 0 saturated carbocycles. The quantitative estimate of drug-likeness (QED) is 0.393. The van der Waals surface area contributed by atoms with Crippen molar-refractivity contribution in [1.29, 1.82) is 0 Å². The minimum Gasteiger partial charge on any atom is -0.357 e. The predicted molar refractivity (Wildman–Crippen MR) is 118 cm³/mol. The highest BCUT2D eigenvalue weighted by atomic mass is 32.2. The maximum atomic E-state index is 14.6. The molecule has 0 aliphatic carbocycles. The van der Waals surface area contributed by atoms with Gasteiger partial charge in [-0.15, -0.1) is 0 Å². The SMILES string of the molecule is CC(N[C@H]1C[C@@H](N2Cc3cn(S(C)(=O)=O)nc3C2)[C@@H](C(F)(F)F)O[C@@H]1c1cc(F)ccc1F)S(=O)(=O)O. The van der Waals surface area contributed by atoms with Crippen molar-refractivity contribution in [2.45, 2.75) is 62.3 Å². The van der Waals surface area contributed by atoms with Crippen LogP contribution in [0.25, 0.3) is 0 Å². The molecule has 0 spiro atoms. The largest absolute Gasteiger partial charge is 0.416 e. The van der Waals surface area contributed by atoms with Gasteiger partial charge in [0.15, 0.2) is 6.10 Å². The van der Waals surface area contributed by atoms with Crippen molar-refractivity contribution in [3.05, 3.63) is 52.9 Å². The molecule has 1 aromatic carbocycles. The first-order valence-corrected chi connectivity index (χ1v) is 14.2. The van der Waals surface area contributed by atoms with Crippen molar-refractivity contribution in [2.24, 2.45) is 0 Å². The third kappa shape index (κ3) is 5.80. The van der Waals surface area contributed by atoms with Gasteiger partial charge >= 0.3 is 6.18 Å². The van der Waals surface area contributed by atoms with Crippen LogP contribution < -0.4 is 5.32 Å². The number of hydrogen-bond acceptors (Lipinski definition) is 8. The molecule has 1 unspecified atom stereocenters. The van der Waals surface area contributed by atoms with E-state index in [1.165, 1.54) is 11.1 Å². The Kier molecular flexibility index (Phi) is 7.17. The number of halogens is 5. The van der Waals surface area contributed by atoms with E-state index in [1.807, 2.05) is 0 Å². The summed E-state index contributed by atoms with van der Waals surface area (Å²) in [5.41, 5.74) is 0.0582. The Bertz CT molecular complexity index is 1370. The fourth-order valence-electron chi connectivity index (χ4n) is 4.61. The highest BCUT2D eigenvalue weighted by Gasteiger charge is 2.55. The number of nitrogens with zero attached hydrogens (tertiary/aromatic N) is 3. The number of alkyl halides is 3. The van der Waals surface area contributed by atoms with Crippen LogP contribution in [0, 0.1) is 11.6 Å². The Morgan fingerprint density at radius 3 is 2.43 bits per heavy atom. The molecule has 10 nitrogen and oxygen atoms in total. The van der Waals surface area contributed by atoms with E-state index < -0.39 is 79.6 Å². The highest BCUT2D eigenvalue weighted by Crippen LogP contribution is 2.43. The molecule has 0 bridgehead atoms. The van der Waals surface area contributed by atoms with Crippen LogP contribution in [0.5, 0.6) is 0 Å². The second-order valence-electron chi connectivity index (χ2n) is 9.06. The number of hydrogen-bond donors (Lipinski definition) is 2. The molecule has 0 radical (unpaired) electrons. The normalized spacial score (nSPS) is 26.3. The third-order valence-electron chi connectivity index (χ3n) is 6.38. The number of fused-ring (bicyclic) bond motifs is 1. The van der Waals surface area contributed by atoms with E-state index in [0.717, 1.165) is 19.2 Å². The van der Waals surface area contributed by atoms with E-state index in [-0.39, 0.29) is 18.8 Å². The molecule has 2 aliphatic rings. The van der Waals surface area contributed by atoms with Gasteiger partial charge in [-0.2, -0.15) is 30.8 Å². The Labute approximate surface area is 209 Å². The zero-order valence-electron chi connectivity index (χ0n) is 19.4. The molecule has 17 heteroatoms. The van der Waals surface area contributed by atoms with Gasteiger partial charge in [0.2, 0.25) is 0 Å². The molecule has 2 aromatic rings. The van der Waals surface area contributed by atoms with Crippen molar-refractivity contribution in [3.8, 4) is 0 Å². The molecule has 2 aliphatic heterocycles. The first-order valence-electron chi connectivity index (χ1n) is 10.9. The Balaban J connectivity index is 1.70. The van der Waals surface area contributed by atoms with Crippen LogP contribution >= 0.6 is 0 Å². The second kappa shape index (κ2) is 9.53. The summed E-state index contributed by atoms with van der Waals surface area (Å²) < 4.78 is 133. The van der Waals surface area contributed by atoms with Gasteiger partial charge in [-0.25, -0.2) is 17.2 Å². The van der Waals surface area contributed by atoms with Gasteiger partial charge in [-0.1, -0.05) is 0 Å². The fraction of sp³-hybridized carbons (Fsp3) is 0.550. The number of benzene rings is 1. The number of aromatic nitrogens is 2. The highest BCUT2D eigenvalue weighted by molar-refractivity contribution is 7.89. The summed E-state index contributed by atoms with van der Waals surface area (Å²) in [6.45, 7) is 0.752. The van der Waals surface area contributed by atoms with Crippen LogP contribution in [-0.4, -0.2) is 71.5 Å². The maximum Gasteiger partial charge on any atom is 0.416 e. The number of nitrogens with one attached hydrogen (secondary N) is 1. The van der Waals surface area contributed by atoms with E-state index in [2.05, 4.69) is 10.4 Å². The molecule has 37 heavy (non-hydrogen) atoms. The summed E-state index contributed by atoms with van der Waals surface area (Å²) in [5.74, 6) is -2.01. The average Bonchev–Trinajstić information content (AvgIpc) is 3.33. The lowest BCUT2D eigenvalue weighted by molar-refractivity contribution is -0.271. The lowest BCUT2D eigenvalue weighted by atomic mass is 9.88. The minimum atomic E-state index is -4.96. The Morgan fingerprint density at radius 2 is 1.86 bits per heavy atom. The summed E-state index contributed by atoms with van der Waals surface area (Å²) in [6, 6.07) is -0.599. The molecular weight excluding hydrogens is 551 g/mol. The summed E-state index contributed by atoms with van der Waals surface area (Å²) in [5, 5.41) is 4.73. The molecule has 3 heterocycles. The third-order valence-corrected chi connectivity index (χ3v) is 8.27. The van der Waals surface area contributed by atoms with Crippen molar-refractivity contribution < 1.29 is 48.1 Å². The van der Waals surface area contributed by atoms with Gasteiger partial charge in [0.1, 0.15) is 23.1 Å². The van der Waals surface area contributed by atoms with E-state index in [4.69, 9.17) is 4.74 Å². The summed E-state index contributed by atoms with van der Waals surface area (Å²) in [4.78, 5) is 1.34. The van der Waals surface area contributed by atoms with E-state index >= 15 is 0 Å². The Morgan fingerprint density at radius 1 is 1.19 bits per heavy atom. The zero-order chi connectivity index (χ0) is 27.5. The lowest BCUT2D eigenvalue weighted by Gasteiger charge is -2.46. The van der Waals surface area contributed by atoms with Gasteiger partial charge in [0.25, 0.3) is 20.1 Å². The van der Waals surface area contributed by atoms with Crippen LogP contribution in [0.1, 0.15) is 36.3 Å². The van der Waals surface area contributed by atoms with Crippen LogP contribution in [0.2, 0.25) is 0 Å². The van der Waals surface area contributed by atoms with E-state index in [9.17, 15) is 43.3 Å². The molecule has 1 aromatic heterocycles. The van der Waals surface area contributed by atoms with Crippen molar-refractivity contribution in [2.75, 3.05) is 6.26 Å². The molecule has 4 rings (SSSR count). The average molecular weight is 575 g/mol. The van der Waals surface area contributed by atoms with E-state index in [1.54, 1.807) is 0 Å². The first kappa shape index (κ1) is 27.8. The molecule has 1 fully saturated rings. The second-order valence-corrected chi connectivity index (χ2v) is 12.6. The van der Waals surface area contributed by atoms with Crippen LogP contribution in [0.3, 0.4) is 0 Å². The molecule has 206 valence electrons. The van der Waals surface area contributed by atoms with Crippen LogP contribution in [-0.2, 0) is 38.0 Å². The fourth-order valence-corrected chi connectivity index (χ4v) is 5.52. The zero-order valence-corrected chi connectivity index (χ0v) is 21.0. The van der Waals surface area contributed by atoms with Crippen molar-refractivity contribution in [1.82, 2.24) is 19.4 Å². The summed E-state index contributed by atoms with van der Waals surface area (Å²) in [6.07, 6.45) is -7.55. The Hall–Kier alpha value is -2.18. The van der Waals surface area contributed by atoms with Gasteiger partial charge in [0, 0.05) is 42.5 Å². The number of ether oxygens (including phenoxy) is 1. The monoisotopic (exact) mass is 574 g/mol. The smallest absolute Gasteiger partial charge is 0.357 e. The number of rotatable bonds is 6. The minimum absolute atomic E-state index is 0.120. The molecule has 2 N–H and O–H groups in total. The van der Waals surface area contributed by atoms with Gasteiger partial charge in [-0.05, 0) is 31.5 Å². The molecule has 0 amide bonds. The summed E-state index contributed by atoms with van der Waals surface area (Å²) in [7, 11) is -8.41. The van der Waals surface area contributed by atoms with Gasteiger partial charge in [0.05, 0.1) is 11.9 Å². The molecule has 5 atom stereocenters. The molecular formula is C20H23F5N4O6S2. The summed E-state index contributed by atoms with van der Waals surface area (Å²) >= 11 is 0. The maximum absolute atomic E-state index is 14.6.